The predicted molar refractivity (Wildman–Crippen MR) is 110 cm³/mol. The van der Waals surface area contributed by atoms with Crippen LogP contribution in [0, 0.1) is 5.92 Å². The van der Waals surface area contributed by atoms with Crippen LogP contribution in [-0.4, -0.2) is 26.2 Å². The number of aromatic nitrogens is 4. The van der Waals surface area contributed by atoms with Crippen LogP contribution < -0.4 is 21.9 Å². The lowest BCUT2D eigenvalue weighted by Crippen LogP contribution is -2.39. The Morgan fingerprint density at radius 1 is 1.25 bits per heavy atom. The SMILES string of the molecule is CCCCn1c(N)c(N(CCC(C)C)Cc2nc(C(C)C)no2)c(=O)[nH]c1=O. The topological polar surface area (TPSA) is 123 Å². The molecule has 0 aliphatic heterocycles. The summed E-state index contributed by atoms with van der Waals surface area (Å²) < 4.78 is 6.79. The van der Waals surface area contributed by atoms with Crippen molar-refractivity contribution in [2.24, 2.45) is 5.92 Å². The summed E-state index contributed by atoms with van der Waals surface area (Å²) in [6.07, 6.45) is 2.55. The van der Waals surface area contributed by atoms with Gasteiger partial charge in [0.1, 0.15) is 11.5 Å². The van der Waals surface area contributed by atoms with Crippen molar-refractivity contribution in [3.05, 3.63) is 32.6 Å². The van der Waals surface area contributed by atoms with Gasteiger partial charge in [-0.15, -0.1) is 0 Å². The van der Waals surface area contributed by atoms with Gasteiger partial charge in [0.15, 0.2) is 5.82 Å². The van der Waals surface area contributed by atoms with Crippen molar-refractivity contribution in [2.75, 3.05) is 17.2 Å². The molecule has 2 aromatic heterocycles. The van der Waals surface area contributed by atoms with E-state index in [0.29, 0.717) is 30.7 Å². The molecule has 0 aliphatic carbocycles. The fourth-order valence-electron chi connectivity index (χ4n) is 2.84. The highest BCUT2D eigenvalue weighted by atomic mass is 16.5. The number of hydrogen-bond donors (Lipinski definition) is 2. The number of nitrogen functional groups attached to an aromatic ring is 1. The smallest absolute Gasteiger partial charge is 0.330 e. The zero-order valence-corrected chi connectivity index (χ0v) is 17.5. The Hall–Kier alpha value is -2.58. The quantitative estimate of drug-likeness (QED) is 0.636. The van der Waals surface area contributed by atoms with Crippen molar-refractivity contribution < 1.29 is 4.52 Å². The van der Waals surface area contributed by atoms with E-state index < -0.39 is 11.2 Å². The molecule has 0 aromatic carbocycles. The molecule has 0 unspecified atom stereocenters. The monoisotopic (exact) mass is 392 g/mol. The first-order valence-electron chi connectivity index (χ1n) is 9.94. The van der Waals surface area contributed by atoms with E-state index in [1.807, 2.05) is 25.7 Å². The maximum atomic E-state index is 12.6. The Morgan fingerprint density at radius 3 is 2.54 bits per heavy atom. The number of nitrogens with zero attached hydrogens (tertiary/aromatic N) is 4. The van der Waals surface area contributed by atoms with Gasteiger partial charge < -0.3 is 15.2 Å². The number of aromatic amines is 1. The summed E-state index contributed by atoms with van der Waals surface area (Å²) >= 11 is 0. The van der Waals surface area contributed by atoms with Crippen LogP contribution in [0.2, 0.25) is 0 Å². The number of nitrogens with two attached hydrogens (primary N) is 1. The number of H-pyrrole nitrogens is 1. The fourth-order valence-corrected chi connectivity index (χ4v) is 2.84. The molecule has 2 heterocycles. The van der Waals surface area contributed by atoms with Gasteiger partial charge in [-0.05, 0) is 18.8 Å². The minimum absolute atomic E-state index is 0.144. The first-order valence-corrected chi connectivity index (χ1v) is 9.94. The molecule has 0 aliphatic rings. The number of rotatable bonds is 10. The highest BCUT2D eigenvalue weighted by molar-refractivity contribution is 5.62. The van der Waals surface area contributed by atoms with Crippen LogP contribution >= 0.6 is 0 Å². The molecule has 2 aromatic rings. The summed E-state index contributed by atoms with van der Waals surface area (Å²) in [4.78, 5) is 33.5. The zero-order valence-electron chi connectivity index (χ0n) is 17.5. The van der Waals surface area contributed by atoms with Gasteiger partial charge >= 0.3 is 5.69 Å². The lowest BCUT2D eigenvalue weighted by molar-refractivity contribution is 0.367. The van der Waals surface area contributed by atoms with Crippen LogP contribution in [0.15, 0.2) is 14.1 Å². The number of hydrogen-bond acceptors (Lipinski definition) is 7. The minimum atomic E-state index is -0.498. The summed E-state index contributed by atoms with van der Waals surface area (Å²) in [5.41, 5.74) is 5.57. The van der Waals surface area contributed by atoms with E-state index in [1.54, 1.807) is 0 Å². The van der Waals surface area contributed by atoms with Gasteiger partial charge in [-0.2, -0.15) is 4.98 Å². The Balaban J connectivity index is 2.44. The van der Waals surface area contributed by atoms with Gasteiger partial charge in [-0.3, -0.25) is 14.3 Å². The molecule has 3 N–H and O–H groups in total. The van der Waals surface area contributed by atoms with Crippen LogP contribution in [0.1, 0.15) is 71.5 Å². The van der Waals surface area contributed by atoms with Crippen molar-refractivity contribution in [3.63, 3.8) is 0 Å². The van der Waals surface area contributed by atoms with E-state index >= 15 is 0 Å². The Morgan fingerprint density at radius 2 is 1.96 bits per heavy atom. The fraction of sp³-hybridized carbons (Fsp3) is 0.684. The van der Waals surface area contributed by atoms with Crippen LogP contribution in [0.4, 0.5) is 11.5 Å². The van der Waals surface area contributed by atoms with Crippen LogP contribution in [0.25, 0.3) is 0 Å². The summed E-state index contributed by atoms with van der Waals surface area (Å²) in [5, 5.41) is 3.99. The molecule has 9 heteroatoms. The molecule has 0 fully saturated rings. The second kappa shape index (κ2) is 9.57. The van der Waals surface area contributed by atoms with E-state index in [1.165, 1.54) is 4.57 Å². The number of anilines is 2. The first kappa shape index (κ1) is 21.7. The van der Waals surface area contributed by atoms with Crippen LogP contribution in [0.3, 0.4) is 0 Å². The highest BCUT2D eigenvalue weighted by Crippen LogP contribution is 2.21. The standard InChI is InChI=1S/C19H32N6O3/c1-6-7-9-25-16(20)15(18(26)22-19(25)27)24(10-8-12(2)3)11-14-21-17(13(4)5)23-28-14/h12-13H,6-11,20H2,1-5H3,(H,22,26,27). The molecule has 0 radical (unpaired) electrons. The van der Waals surface area contributed by atoms with Gasteiger partial charge in [-0.25, -0.2) is 4.79 Å². The van der Waals surface area contributed by atoms with Crippen molar-refractivity contribution >= 4 is 11.5 Å². The maximum absolute atomic E-state index is 12.6. The number of nitrogens with one attached hydrogen (secondary N) is 1. The third-order valence-corrected chi connectivity index (χ3v) is 4.57. The van der Waals surface area contributed by atoms with Gasteiger partial charge in [0.25, 0.3) is 5.56 Å². The third-order valence-electron chi connectivity index (χ3n) is 4.57. The molecule has 0 bridgehead atoms. The maximum Gasteiger partial charge on any atom is 0.330 e. The highest BCUT2D eigenvalue weighted by Gasteiger charge is 2.22. The molecule has 0 saturated carbocycles. The largest absolute Gasteiger partial charge is 0.383 e. The van der Waals surface area contributed by atoms with Crippen molar-refractivity contribution in [1.82, 2.24) is 19.7 Å². The lowest BCUT2D eigenvalue weighted by Gasteiger charge is -2.25. The van der Waals surface area contributed by atoms with Gasteiger partial charge in [0.2, 0.25) is 5.89 Å². The van der Waals surface area contributed by atoms with Crippen molar-refractivity contribution in [3.8, 4) is 0 Å². The Labute approximate surface area is 164 Å². The molecular formula is C19H32N6O3. The van der Waals surface area contributed by atoms with E-state index in [4.69, 9.17) is 10.3 Å². The van der Waals surface area contributed by atoms with E-state index in [-0.39, 0.29) is 24.0 Å². The Kier molecular flexibility index (Phi) is 7.42. The van der Waals surface area contributed by atoms with E-state index in [9.17, 15) is 9.59 Å². The summed E-state index contributed by atoms with van der Waals surface area (Å²) in [5.74, 6) is 1.79. The summed E-state index contributed by atoms with van der Waals surface area (Å²) in [6, 6.07) is 0. The molecule has 0 spiro atoms. The summed E-state index contributed by atoms with van der Waals surface area (Å²) in [7, 11) is 0. The molecule has 156 valence electrons. The second-order valence-corrected chi connectivity index (χ2v) is 7.80. The lowest BCUT2D eigenvalue weighted by atomic mass is 10.1. The second-order valence-electron chi connectivity index (χ2n) is 7.80. The van der Waals surface area contributed by atoms with Gasteiger partial charge in [0, 0.05) is 19.0 Å². The molecule has 0 amide bonds. The Bertz CT molecular complexity index is 881. The van der Waals surface area contributed by atoms with Crippen molar-refractivity contribution in [1.29, 1.82) is 0 Å². The summed E-state index contributed by atoms with van der Waals surface area (Å²) in [6.45, 7) is 11.5. The van der Waals surface area contributed by atoms with Gasteiger partial charge in [0.05, 0.1) is 6.54 Å². The molecule has 9 nitrogen and oxygen atoms in total. The van der Waals surface area contributed by atoms with E-state index in [0.717, 1.165) is 19.3 Å². The van der Waals surface area contributed by atoms with Crippen LogP contribution in [-0.2, 0) is 13.1 Å². The average molecular weight is 393 g/mol. The first-order chi connectivity index (χ1) is 13.2. The van der Waals surface area contributed by atoms with Crippen LogP contribution in [0.5, 0.6) is 0 Å². The molecule has 0 saturated heterocycles. The van der Waals surface area contributed by atoms with Crippen molar-refractivity contribution in [2.45, 2.75) is 72.9 Å². The molecule has 0 atom stereocenters. The normalized spacial score (nSPS) is 11.5. The van der Waals surface area contributed by atoms with E-state index in [2.05, 4.69) is 29.0 Å². The third kappa shape index (κ3) is 5.24. The minimum Gasteiger partial charge on any atom is -0.383 e. The van der Waals surface area contributed by atoms with Gasteiger partial charge in [-0.1, -0.05) is 46.2 Å². The predicted octanol–water partition coefficient (Wildman–Crippen LogP) is 2.48. The average Bonchev–Trinajstić information content (AvgIpc) is 3.08. The zero-order chi connectivity index (χ0) is 20.8. The molecular weight excluding hydrogens is 360 g/mol. The number of unbranched alkanes of at least 4 members (excludes halogenated alkanes) is 1. The molecule has 2 rings (SSSR count). The molecule has 28 heavy (non-hydrogen) atoms.